The molecule has 2 atom stereocenters. The van der Waals surface area contributed by atoms with E-state index >= 15 is 0 Å². The molecule has 6 nitrogen and oxygen atoms in total. The van der Waals surface area contributed by atoms with Gasteiger partial charge in [-0.3, -0.25) is 14.4 Å². The molecule has 4 fully saturated rings. The summed E-state index contributed by atoms with van der Waals surface area (Å²) in [5, 5.41) is 7.97. The Bertz CT molecular complexity index is 1330. The van der Waals surface area contributed by atoms with Crippen LogP contribution >= 0.6 is 15.9 Å². The number of nitrogens with zero attached hydrogens (tertiary/aromatic N) is 2. The number of rotatable bonds is 6. The SMILES string of the molecule is O=C1C(=NN=CC(=O)C23CC4CC(CC(Br)(C4)C2)C3)OC(c2ccccc2)=C1C(=O)c1ccccc1. The minimum atomic E-state index is -0.637. The number of hydrogen-bond acceptors (Lipinski definition) is 6. The molecule has 2 aromatic rings. The van der Waals surface area contributed by atoms with Crippen LogP contribution in [0.2, 0.25) is 0 Å². The summed E-state index contributed by atoms with van der Waals surface area (Å²) in [6, 6.07) is 17.6. The Morgan fingerprint density at radius 1 is 0.944 bits per heavy atom. The molecular formula is C29H25BrN2O4. The molecule has 1 aliphatic heterocycles. The van der Waals surface area contributed by atoms with Crippen LogP contribution in [0.5, 0.6) is 0 Å². The second-order valence-electron chi connectivity index (χ2n) is 10.6. The number of halogens is 1. The van der Waals surface area contributed by atoms with E-state index in [4.69, 9.17) is 4.74 Å². The van der Waals surface area contributed by atoms with Crippen molar-refractivity contribution in [1.82, 2.24) is 0 Å². The molecule has 4 bridgehead atoms. The minimum Gasteiger partial charge on any atom is -0.433 e. The van der Waals surface area contributed by atoms with Gasteiger partial charge in [0.25, 0.3) is 11.7 Å². The van der Waals surface area contributed by atoms with E-state index in [0.29, 0.717) is 23.0 Å². The number of Topliss-reactive ketones (excluding diaryl/α,β-unsaturated/α-hetero) is 3. The highest BCUT2D eigenvalue weighted by Crippen LogP contribution is 2.64. The van der Waals surface area contributed by atoms with E-state index in [2.05, 4.69) is 26.1 Å². The van der Waals surface area contributed by atoms with Crippen molar-refractivity contribution in [3.63, 3.8) is 0 Å². The molecule has 7 rings (SSSR count). The van der Waals surface area contributed by atoms with Crippen molar-refractivity contribution < 1.29 is 19.1 Å². The molecule has 2 aromatic carbocycles. The Kier molecular flexibility index (Phi) is 5.63. The molecule has 0 saturated heterocycles. The van der Waals surface area contributed by atoms with Gasteiger partial charge in [0, 0.05) is 20.9 Å². The van der Waals surface area contributed by atoms with E-state index in [0.717, 1.165) is 32.1 Å². The van der Waals surface area contributed by atoms with E-state index in [-0.39, 0.29) is 27.3 Å². The zero-order chi connectivity index (χ0) is 24.9. The van der Waals surface area contributed by atoms with Crippen molar-refractivity contribution in [2.75, 3.05) is 0 Å². The van der Waals surface area contributed by atoms with Gasteiger partial charge in [0.2, 0.25) is 5.78 Å². The Morgan fingerprint density at radius 3 is 2.22 bits per heavy atom. The van der Waals surface area contributed by atoms with Gasteiger partial charge >= 0.3 is 0 Å². The molecule has 4 saturated carbocycles. The van der Waals surface area contributed by atoms with Crippen molar-refractivity contribution >= 4 is 51.2 Å². The van der Waals surface area contributed by atoms with E-state index in [1.165, 1.54) is 12.6 Å². The van der Waals surface area contributed by atoms with E-state index in [9.17, 15) is 14.4 Å². The standard InChI is InChI=1S/C29H25BrN2O4/c30-29-14-18-11-19(15-29)13-28(12-18,17-29)22(33)16-31-32-27-25(35)23(24(34)20-7-3-1-4-8-20)26(36-27)21-9-5-2-6-10-21/h1-10,16,18-19H,11-15,17H2. The predicted molar refractivity (Wildman–Crippen MR) is 140 cm³/mol. The molecule has 0 spiro atoms. The van der Waals surface area contributed by atoms with Crippen LogP contribution in [0, 0.1) is 17.3 Å². The lowest BCUT2D eigenvalue weighted by Gasteiger charge is -2.59. The second kappa shape index (κ2) is 8.73. The highest BCUT2D eigenvalue weighted by molar-refractivity contribution is 9.10. The van der Waals surface area contributed by atoms with Crippen molar-refractivity contribution in [2.24, 2.45) is 27.5 Å². The number of benzene rings is 2. The third kappa shape index (κ3) is 3.99. The first-order chi connectivity index (χ1) is 17.4. The first-order valence-corrected chi connectivity index (χ1v) is 13.1. The Labute approximate surface area is 217 Å². The van der Waals surface area contributed by atoms with Crippen LogP contribution < -0.4 is 0 Å². The van der Waals surface area contributed by atoms with Gasteiger partial charge in [-0.05, 0) is 50.4 Å². The van der Waals surface area contributed by atoms with Gasteiger partial charge in [0.1, 0.15) is 5.57 Å². The summed E-state index contributed by atoms with van der Waals surface area (Å²) >= 11 is 3.93. The monoisotopic (exact) mass is 544 g/mol. The van der Waals surface area contributed by atoms with Crippen LogP contribution in [-0.4, -0.2) is 33.8 Å². The lowest BCUT2D eigenvalue weighted by atomic mass is 9.48. The summed E-state index contributed by atoms with van der Waals surface area (Å²) in [4.78, 5) is 39.8. The number of hydrogen-bond donors (Lipinski definition) is 0. The van der Waals surface area contributed by atoms with Crippen LogP contribution in [0.3, 0.4) is 0 Å². The lowest BCUT2D eigenvalue weighted by Crippen LogP contribution is -2.56. The summed E-state index contributed by atoms with van der Waals surface area (Å²) in [5.74, 6) is -0.136. The Balaban J connectivity index is 1.27. The average Bonchev–Trinajstić information content (AvgIpc) is 3.19. The van der Waals surface area contributed by atoms with Gasteiger partial charge < -0.3 is 4.74 Å². The van der Waals surface area contributed by atoms with E-state index in [1.807, 2.05) is 6.07 Å². The fraction of sp³-hybridized carbons (Fsp3) is 0.345. The normalized spacial score (nSPS) is 31.9. The summed E-state index contributed by atoms with van der Waals surface area (Å²) in [6.07, 6.45) is 7.31. The number of ether oxygens (including phenoxy) is 1. The van der Waals surface area contributed by atoms with Gasteiger partial charge in [0.15, 0.2) is 11.5 Å². The van der Waals surface area contributed by atoms with Crippen molar-refractivity contribution in [1.29, 1.82) is 0 Å². The minimum absolute atomic E-state index is 0.0351. The molecule has 0 radical (unpaired) electrons. The highest BCUT2D eigenvalue weighted by Gasteiger charge is 2.59. The fourth-order valence-corrected chi connectivity index (χ4v) is 8.36. The molecule has 0 amide bonds. The van der Waals surface area contributed by atoms with Crippen molar-refractivity contribution in [3.05, 3.63) is 77.4 Å². The quantitative estimate of drug-likeness (QED) is 0.156. The van der Waals surface area contributed by atoms with E-state index in [1.54, 1.807) is 54.6 Å². The number of carbonyl (C=O) groups is 3. The van der Waals surface area contributed by atoms with Gasteiger partial charge in [-0.15, -0.1) is 5.10 Å². The maximum atomic E-state index is 13.3. The van der Waals surface area contributed by atoms with Crippen LogP contribution in [0.1, 0.15) is 54.4 Å². The molecule has 0 aromatic heterocycles. The average molecular weight is 545 g/mol. The van der Waals surface area contributed by atoms with Gasteiger partial charge in [-0.1, -0.05) is 76.6 Å². The van der Waals surface area contributed by atoms with Gasteiger partial charge in [-0.25, -0.2) is 0 Å². The fourth-order valence-electron chi connectivity index (χ4n) is 6.91. The van der Waals surface area contributed by atoms with Gasteiger partial charge in [-0.2, -0.15) is 5.10 Å². The molecule has 182 valence electrons. The first-order valence-electron chi connectivity index (χ1n) is 12.3. The molecule has 5 aliphatic rings. The zero-order valence-corrected chi connectivity index (χ0v) is 21.2. The number of alkyl halides is 1. The van der Waals surface area contributed by atoms with Crippen LogP contribution in [-0.2, 0) is 14.3 Å². The number of carbonyl (C=O) groups excluding carboxylic acids is 3. The van der Waals surface area contributed by atoms with Crippen LogP contribution in [0.25, 0.3) is 5.76 Å². The summed E-state index contributed by atoms with van der Waals surface area (Å²) in [7, 11) is 0. The maximum absolute atomic E-state index is 13.3. The lowest BCUT2D eigenvalue weighted by molar-refractivity contribution is -0.133. The number of ketones is 3. The van der Waals surface area contributed by atoms with Crippen molar-refractivity contribution in [2.45, 2.75) is 42.8 Å². The smallest absolute Gasteiger partial charge is 0.288 e. The summed E-state index contributed by atoms with van der Waals surface area (Å²) in [5.41, 5.74) is 0.476. The largest absolute Gasteiger partial charge is 0.433 e. The van der Waals surface area contributed by atoms with Crippen LogP contribution in [0.15, 0.2) is 76.4 Å². The molecule has 36 heavy (non-hydrogen) atoms. The van der Waals surface area contributed by atoms with Gasteiger partial charge in [0.05, 0.1) is 6.21 Å². The molecular weight excluding hydrogens is 520 g/mol. The third-order valence-corrected chi connectivity index (χ3v) is 8.91. The molecule has 1 heterocycles. The highest BCUT2D eigenvalue weighted by atomic mass is 79.9. The third-order valence-electron chi connectivity index (χ3n) is 7.98. The van der Waals surface area contributed by atoms with Crippen LogP contribution in [0.4, 0.5) is 0 Å². The summed E-state index contributed by atoms with van der Waals surface area (Å²) < 4.78 is 5.84. The Hall–Kier alpha value is -3.19. The maximum Gasteiger partial charge on any atom is 0.288 e. The first kappa shape index (κ1) is 23.2. The van der Waals surface area contributed by atoms with E-state index < -0.39 is 17.0 Å². The second-order valence-corrected chi connectivity index (χ2v) is 12.3. The van der Waals surface area contributed by atoms with Crippen molar-refractivity contribution in [3.8, 4) is 0 Å². The zero-order valence-electron chi connectivity index (χ0n) is 19.7. The topological polar surface area (TPSA) is 85.2 Å². The Morgan fingerprint density at radius 2 is 1.58 bits per heavy atom. The predicted octanol–water partition coefficient (Wildman–Crippen LogP) is 5.57. The molecule has 4 aliphatic carbocycles. The summed E-state index contributed by atoms with van der Waals surface area (Å²) in [6.45, 7) is 0. The molecule has 7 heteroatoms. The molecule has 2 unspecified atom stereocenters. The molecule has 0 N–H and O–H groups in total.